The number of aliphatic hydroxyl groups is 1. The summed E-state index contributed by atoms with van der Waals surface area (Å²) in [6.45, 7) is 3.70. The maximum Gasteiger partial charge on any atom is 0.391 e. The van der Waals surface area contributed by atoms with Crippen LogP contribution in [0.25, 0.3) is 11.4 Å². The van der Waals surface area contributed by atoms with Crippen LogP contribution < -0.4 is 5.32 Å². The molecule has 2 unspecified atom stereocenters. The first-order valence-corrected chi connectivity index (χ1v) is 8.96. The van der Waals surface area contributed by atoms with Crippen LogP contribution in [0.4, 0.5) is 19.0 Å². The number of alkyl halides is 3. The Bertz CT molecular complexity index is 798. The molecule has 0 spiro atoms. The maximum absolute atomic E-state index is 13.0. The second-order valence-electron chi connectivity index (χ2n) is 7.26. The minimum atomic E-state index is -4.27. The molecule has 5 nitrogen and oxygen atoms in total. The van der Waals surface area contributed by atoms with Gasteiger partial charge in [-0.1, -0.05) is 0 Å². The topological polar surface area (TPSA) is 70.9 Å². The van der Waals surface area contributed by atoms with Gasteiger partial charge in [0.05, 0.1) is 11.5 Å². The summed E-state index contributed by atoms with van der Waals surface area (Å²) < 4.78 is 39.1. The summed E-state index contributed by atoms with van der Waals surface area (Å²) in [5.41, 5.74) is 0.903. The third-order valence-electron chi connectivity index (χ3n) is 5.18. The third kappa shape index (κ3) is 4.55. The van der Waals surface area contributed by atoms with Gasteiger partial charge < -0.3 is 10.4 Å². The molecular formula is C19H23F3N4O. The van der Waals surface area contributed by atoms with Crippen molar-refractivity contribution in [1.82, 2.24) is 15.0 Å². The molecule has 0 aliphatic heterocycles. The van der Waals surface area contributed by atoms with Crippen LogP contribution in [0.1, 0.15) is 36.9 Å². The minimum Gasteiger partial charge on any atom is -0.388 e. The van der Waals surface area contributed by atoms with Crippen LogP contribution in [0.3, 0.4) is 0 Å². The molecule has 2 atom stereocenters. The van der Waals surface area contributed by atoms with E-state index in [-0.39, 0.29) is 19.4 Å². The summed E-state index contributed by atoms with van der Waals surface area (Å²) in [7, 11) is 0. The number of nitrogens with zero attached hydrogens (tertiary/aromatic N) is 3. The van der Waals surface area contributed by atoms with Gasteiger partial charge in [-0.15, -0.1) is 0 Å². The molecule has 1 fully saturated rings. The van der Waals surface area contributed by atoms with Gasteiger partial charge >= 0.3 is 6.18 Å². The third-order valence-corrected chi connectivity index (χ3v) is 5.18. The highest BCUT2D eigenvalue weighted by Gasteiger charge is 2.46. The number of halogens is 3. The van der Waals surface area contributed by atoms with E-state index < -0.39 is 17.7 Å². The Morgan fingerprint density at radius 2 is 2.07 bits per heavy atom. The SMILES string of the molecule is Cc1nc(-c2cccnc2)nc(NCC2(O)CCCC(C(F)(F)F)C2)c1C. The molecule has 0 amide bonds. The van der Waals surface area contributed by atoms with Gasteiger partial charge in [0.2, 0.25) is 0 Å². The van der Waals surface area contributed by atoms with Crippen molar-refractivity contribution >= 4 is 5.82 Å². The quantitative estimate of drug-likeness (QED) is 0.837. The molecule has 0 radical (unpaired) electrons. The normalized spacial score (nSPS) is 23.3. The summed E-state index contributed by atoms with van der Waals surface area (Å²) >= 11 is 0. The lowest BCUT2D eigenvalue weighted by Gasteiger charge is -2.37. The lowest BCUT2D eigenvalue weighted by Crippen LogP contribution is -2.45. The van der Waals surface area contributed by atoms with Crippen LogP contribution in [0.5, 0.6) is 0 Å². The molecule has 8 heteroatoms. The van der Waals surface area contributed by atoms with Crippen molar-refractivity contribution < 1.29 is 18.3 Å². The van der Waals surface area contributed by atoms with Gasteiger partial charge in [0.1, 0.15) is 5.82 Å². The summed E-state index contributed by atoms with van der Waals surface area (Å²) in [5.74, 6) is -0.460. The fourth-order valence-electron chi connectivity index (χ4n) is 3.45. The highest BCUT2D eigenvalue weighted by molar-refractivity contribution is 5.58. The highest BCUT2D eigenvalue weighted by Crippen LogP contribution is 2.41. The van der Waals surface area contributed by atoms with E-state index in [1.165, 1.54) is 0 Å². The molecule has 1 saturated carbocycles. The molecule has 1 aliphatic rings. The smallest absolute Gasteiger partial charge is 0.388 e. The van der Waals surface area contributed by atoms with Gasteiger partial charge in [0, 0.05) is 35.8 Å². The zero-order valence-corrected chi connectivity index (χ0v) is 15.3. The van der Waals surface area contributed by atoms with Crippen molar-refractivity contribution in [2.75, 3.05) is 11.9 Å². The van der Waals surface area contributed by atoms with Gasteiger partial charge in [-0.25, -0.2) is 9.97 Å². The number of aromatic nitrogens is 3. The van der Waals surface area contributed by atoms with Crippen molar-refractivity contribution in [3.63, 3.8) is 0 Å². The molecule has 2 aromatic rings. The molecule has 0 saturated heterocycles. The average molecular weight is 380 g/mol. The van der Waals surface area contributed by atoms with E-state index in [2.05, 4.69) is 20.3 Å². The Labute approximate surface area is 156 Å². The van der Waals surface area contributed by atoms with Crippen LogP contribution in [0, 0.1) is 19.8 Å². The first kappa shape index (κ1) is 19.5. The molecule has 0 bridgehead atoms. The molecular weight excluding hydrogens is 357 g/mol. The van der Waals surface area contributed by atoms with Gasteiger partial charge in [0.25, 0.3) is 0 Å². The van der Waals surface area contributed by atoms with E-state index in [9.17, 15) is 18.3 Å². The fraction of sp³-hybridized carbons (Fsp3) is 0.526. The Kier molecular flexibility index (Phi) is 5.37. The summed E-state index contributed by atoms with van der Waals surface area (Å²) in [6.07, 6.45) is -0.500. The summed E-state index contributed by atoms with van der Waals surface area (Å²) in [4.78, 5) is 13.0. The maximum atomic E-state index is 13.0. The van der Waals surface area contributed by atoms with Crippen molar-refractivity contribution in [3.8, 4) is 11.4 Å². The van der Waals surface area contributed by atoms with Crippen LogP contribution in [-0.2, 0) is 0 Å². The minimum absolute atomic E-state index is 0.0172. The first-order chi connectivity index (χ1) is 12.7. The van der Waals surface area contributed by atoms with Crippen LogP contribution in [0.15, 0.2) is 24.5 Å². The van der Waals surface area contributed by atoms with E-state index >= 15 is 0 Å². The Morgan fingerprint density at radius 1 is 1.30 bits per heavy atom. The monoisotopic (exact) mass is 380 g/mol. The van der Waals surface area contributed by atoms with E-state index in [0.717, 1.165) is 16.8 Å². The van der Waals surface area contributed by atoms with Gasteiger partial charge in [-0.3, -0.25) is 4.98 Å². The van der Waals surface area contributed by atoms with Crippen molar-refractivity contribution in [2.45, 2.75) is 51.3 Å². The summed E-state index contributed by atoms with van der Waals surface area (Å²) in [6, 6.07) is 3.62. The van der Waals surface area contributed by atoms with Crippen molar-refractivity contribution in [3.05, 3.63) is 35.8 Å². The molecule has 3 rings (SSSR count). The number of rotatable bonds is 4. The number of pyridine rings is 1. The van der Waals surface area contributed by atoms with Crippen LogP contribution >= 0.6 is 0 Å². The second-order valence-corrected chi connectivity index (χ2v) is 7.26. The predicted molar refractivity (Wildman–Crippen MR) is 96.2 cm³/mol. The Morgan fingerprint density at radius 3 is 2.74 bits per heavy atom. The van der Waals surface area contributed by atoms with Gasteiger partial charge in [-0.2, -0.15) is 13.2 Å². The van der Waals surface area contributed by atoms with Crippen molar-refractivity contribution in [1.29, 1.82) is 0 Å². The Hall–Kier alpha value is -2.22. The average Bonchev–Trinajstić information content (AvgIpc) is 2.63. The number of anilines is 1. The Balaban J connectivity index is 1.78. The molecule has 146 valence electrons. The number of aryl methyl sites for hydroxylation is 1. The molecule has 27 heavy (non-hydrogen) atoms. The van der Waals surface area contributed by atoms with Gasteiger partial charge in [0.15, 0.2) is 5.82 Å². The van der Waals surface area contributed by atoms with E-state index in [4.69, 9.17) is 0 Å². The first-order valence-electron chi connectivity index (χ1n) is 8.96. The fourth-order valence-corrected chi connectivity index (χ4v) is 3.45. The van der Waals surface area contributed by atoms with Crippen LogP contribution in [-0.4, -0.2) is 38.4 Å². The predicted octanol–water partition coefficient (Wildman–Crippen LogP) is 4.05. The van der Waals surface area contributed by atoms with E-state index in [1.54, 1.807) is 18.5 Å². The lowest BCUT2D eigenvalue weighted by atomic mass is 9.77. The largest absolute Gasteiger partial charge is 0.391 e. The zero-order valence-electron chi connectivity index (χ0n) is 15.3. The lowest BCUT2D eigenvalue weighted by molar-refractivity contribution is -0.199. The molecule has 1 aliphatic carbocycles. The zero-order chi connectivity index (χ0) is 19.7. The number of nitrogens with one attached hydrogen (secondary N) is 1. The van der Waals surface area contributed by atoms with Crippen LogP contribution in [0.2, 0.25) is 0 Å². The van der Waals surface area contributed by atoms with Gasteiger partial charge in [-0.05, 0) is 51.7 Å². The molecule has 2 aromatic heterocycles. The second kappa shape index (κ2) is 7.42. The molecule has 2 heterocycles. The number of hydrogen-bond acceptors (Lipinski definition) is 5. The highest BCUT2D eigenvalue weighted by atomic mass is 19.4. The standard InChI is InChI=1S/C19H23F3N4O/c1-12-13(2)25-17(14-5-4-8-23-10-14)26-16(12)24-11-18(27)7-3-6-15(9-18)19(20,21)22/h4-5,8,10,15,27H,3,6-7,9,11H2,1-2H3,(H,24,25,26). The molecule has 2 N–H and O–H groups in total. The number of hydrogen-bond donors (Lipinski definition) is 2. The van der Waals surface area contributed by atoms with Crippen molar-refractivity contribution in [2.24, 2.45) is 5.92 Å². The molecule has 0 aromatic carbocycles. The van der Waals surface area contributed by atoms with E-state index in [0.29, 0.717) is 24.5 Å². The van der Waals surface area contributed by atoms with E-state index in [1.807, 2.05) is 19.9 Å². The summed E-state index contributed by atoms with van der Waals surface area (Å²) in [5, 5.41) is 13.8.